The van der Waals surface area contributed by atoms with E-state index in [0.29, 0.717) is 15.7 Å². The number of anilines is 1. The predicted molar refractivity (Wildman–Crippen MR) is 185 cm³/mol. The van der Waals surface area contributed by atoms with Crippen LogP contribution in [0.3, 0.4) is 0 Å². The highest BCUT2D eigenvalue weighted by Crippen LogP contribution is 2.36. The molecule has 0 bridgehead atoms. The Morgan fingerprint density at radius 3 is 1.73 bits per heavy atom. The fraction of sp³-hybridized carbons (Fsp3) is 0.233. The Morgan fingerprint density at radius 1 is 0.708 bits per heavy atom. The molecule has 48 heavy (non-hydrogen) atoms. The van der Waals surface area contributed by atoms with E-state index in [1.807, 2.05) is 55.0 Å². The third kappa shape index (κ3) is 7.78. The van der Waals surface area contributed by atoms with Crippen molar-refractivity contribution >= 4 is 61.0 Å². The third-order valence-electron chi connectivity index (χ3n) is 6.71. The molecule has 12 nitrogen and oxygen atoms in total. The molecule has 0 aromatic carbocycles. The summed E-state index contributed by atoms with van der Waals surface area (Å²) in [7, 11) is 0. The highest BCUT2D eigenvalue weighted by molar-refractivity contribution is 14.1. The van der Waals surface area contributed by atoms with Gasteiger partial charge in [-0.05, 0) is 66.8 Å². The van der Waals surface area contributed by atoms with Crippen LogP contribution in [0.2, 0.25) is 0 Å². The minimum Gasteiger partial charge on any atom is -0.383 e. The number of ether oxygens (including phenoxy) is 2. The first kappa shape index (κ1) is 33.8. The van der Waals surface area contributed by atoms with E-state index in [4.69, 9.17) is 15.2 Å². The Balaban J connectivity index is 0.000000153. The molecule has 2 N–H and O–H groups in total. The van der Waals surface area contributed by atoms with Crippen LogP contribution >= 0.6 is 45.3 Å². The van der Waals surface area contributed by atoms with Gasteiger partial charge in [0.05, 0.1) is 50.1 Å². The number of imidazole rings is 2. The van der Waals surface area contributed by atoms with Crippen LogP contribution in [0, 0.1) is 17.5 Å². The van der Waals surface area contributed by atoms with Gasteiger partial charge in [-0.2, -0.15) is 27.9 Å². The summed E-state index contributed by atoms with van der Waals surface area (Å²) in [4.78, 5) is 22.1. The zero-order chi connectivity index (χ0) is 33.8. The monoisotopic (exact) mass is 806 g/mol. The molecule has 8 heterocycles. The number of rotatable bonds is 3. The van der Waals surface area contributed by atoms with Gasteiger partial charge in [-0.25, -0.2) is 19.5 Å². The smallest absolute Gasteiger partial charge is 0.383 e. The van der Waals surface area contributed by atoms with Crippen LogP contribution in [0.4, 0.5) is 19.0 Å². The second-order valence-electron chi connectivity index (χ2n) is 10.2. The van der Waals surface area contributed by atoms with Crippen molar-refractivity contribution in [1.82, 2.24) is 44.1 Å². The van der Waals surface area contributed by atoms with Gasteiger partial charge < -0.3 is 15.2 Å². The van der Waals surface area contributed by atoms with Gasteiger partial charge in [-0.1, -0.05) is 22.7 Å². The van der Waals surface area contributed by atoms with Gasteiger partial charge in [0.25, 0.3) is 0 Å². The summed E-state index contributed by atoms with van der Waals surface area (Å²) in [6, 6.07) is 8.73. The Hall–Kier alpha value is -4.11. The number of aromatic nitrogens is 9. The third-order valence-corrected chi connectivity index (χ3v) is 9.39. The second-order valence-corrected chi connectivity index (χ2v) is 13.2. The summed E-state index contributed by atoms with van der Waals surface area (Å²) < 4.78 is 53.5. The lowest BCUT2D eigenvalue weighted by Gasteiger charge is -2.10. The lowest BCUT2D eigenvalue weighted by atomic mass is 10.1. The average molecular weight is 807 g/mol. The lowest BCUT2D eigenvalue weighted by molar-refractivity contribution is -0.137. The van der Waals surface area contributed by atoms with Crippen molar-refractivity contribution in [2.24, 2.45) is 0 Å². The number of halogens is 4. The number of hydrogen-bond donors (Lipinski definition) is 1. The van der Waals surface area contributed by atoms with E-state index in [1.165, 1.54) is 28.2 Å². The van der Waals surface area contributed by atoms with Crippen molar-refractivity contribution in [2.75, 3.05) is 32.2 Å². The second kappa shape index (κ2) is 14.6. The molecular formula is C30H26F3IN10O2S2. The van der Waals surface area contributed by atoms with Crippen LogP contribution in [0.15, 0.2) is 61.3 Å². The van der Waals surface area contributed by atoms with E-state index in [-0.39, 0.29) is 5.56 Å². The first-order valence-electron chi connectivity index (χ1n) is 14.3. The lowest BCUT2D eigenvalue weighted by Crippen LogP contribution is -2.16. The summed E-state index contributed by atoms with van der Waals surface area (Å²) >= 11 is 5.11. The Bertz CT molecular complexity index is 2130. The van der Waals surface area contributed by atoms with Crippen LogP contribution in [0.5, 0.6) is 0 Å². The molecule has 0 unspecified atom stereocenters. The first-order chi connectivity index (χ1) is 23.1. The predicted octanol–water partition coefficient (Wildman–Crippen LogP) is 6.62. The summed E-state index contributed by atoms with van der Waals surface area (Å²) in [6.07, 6.45) is 3.51. The maximum absolute atomic E-state index is 13.1. The summed E-state index contributed by atoms with van der Waals surface area (Å²) in [5, 5.41) is 10.6. The molecule has 1 saturated heterocycles. The van der Waals surface area contributed by atoms with E-state index in [1.54, 1.807) is 17.5 Å². The first-order valence-corrected chi connectivity index (χ1v) is 17.0. The quantitative estimate of drug-likeness (QED) is 0.194. The van der Waals surface area contributed by atoms with E-state index < -0.39 is 17.6 Å². The van der Waals surface area contributed by atoms with Crippen molar-refractivity contribution in [3.63, 3.8) is 0 Å². The molecule has 0 amide bonds. The van der Waals surface area contributed by atoms with Crippen molar-refractivity contribution in [3.8, 4) is 32.4 Å². The minimum atomic E-state index is -4.59. The fourth-order valence-electron chi connectivity index (χ4n) is 4.26. The maximum atomic E-state index is 13.1. The number of aryl methyl sites for hydroxylation is 2. The molecule has 0 saturated carbocycles. The highest BCUT2D eigenvalue weighted by atomic mass is 127. The van der Waals surface area contributed by atoms with Gasteiger partial charge in [0.2, 0.25) is 9.92 Å². The maximum Gasteiger partial charge on any atom is 0.419 e. The van der Waals surface area contributed by atoms with E-state index in [9.17, 15) is 13.2 Å². The Labute approximate surface area is 293 Å². The number of nitrogens with zero attached hydrogens (tertiary/aromatic N) is 9. The van der Waals surface area contributed by atoms with Crippen LogP contribution in [0.25, 0.3) is 42.3 Å². The molecule has 7 aromatic rings. The minimum absolute atomic E-state index is 0.234. The standard InChI is InChI=1S/C16H11F3N6S.C10H7IN4S.C4H8O2/c1-8-2-3-9(5-21-8)14-24-25-12(7-23-15(25)26-14)10-4-11(16(17,18)19)13(20)22-6-10;1-6-2-3-7(4-12-6)9-14-15-8(11)5-13-10(15)16-9;1-2-6-4-3-5-1/h2-7H,1H3,(H2,20,22);2-5H,1H3;1-4H2. The van der Waals surface area contributed by atoms with Crippen LogP contribution in [0.1, 0.15) is 17.0 Å². The summed E-state index contributed by atoms with van der Waals surface area (Å²) in [5.74, 6) is -0.563. The molecule has 8 rings (SSSR count). The Kier molecular flexibility index (Phi) is 10.2. The average Bonchev–Trinajstić information content (AvgIpc) is 3.86. The van der Waals surface area contributed by atoms with Gasteiger partial charge in [0.15, 0.2) is 0 Å². The topological polar surface area (TPSA) is 144 Å². The van der Waals surface area contributed by atoms with Gasteiger partial charge in [0.1, 0.15) is 19.5 Å². The largest absolute Gasteiger partial charge is 0.419 e. The molecule has 1 aliphatic heterocycles. The van der Waals surface area contributed by atoms with Crippen molar-refractivity contribution < 1.29 is 22.6 Å². The van der Waals surface area contributed by atoms with Gasteiger partial charge >= 0.3 is 6.18 Å². The highest BCUT2D eigenvalue weighted by Gasteiger charge is 2.34. The van der Waals surface area contributed by atoms with Crippen LogP contribution in [-0.2, 0) is 15.7 Å². The van der Waals surface area contributed by atoms with Gasteiger partial charge in [-0.3, -0.25) is 9.97 Å². The fourth-order valence-corrected chi connectivity index (χ4v) is 6.63. The molecule has 7 aromatic heterocycles. The zero-order valence-electron chi connectivity index (χ0n) is 25.3. The summed E-state index contributed by atoms with van der Waals surface area (Å²) in [5.41, 5.74) is 8.75. The van der Waals surface area contributed by atoms with Gasteiger partial charge in [0, 0.05) is 46.7 Å². The molecule has 1 aliphatic rings. The van der Waals surface area contributed by atoms with Crippen molar-refractivity contribution in [2.45, 2.75) is 20.0 Å². The SMILES string of the molecule is C1COCCO1.Cc1ccc(-c2nn3c(-c4cnc(N)c(C(F)(F)F)c4)cnc3s2)cn1.Cc1ccc(-c2nn3c(I)cnc3s2)cn1. The Morgan fingerprint density at radius 2 is 1.23 bits per heavy atom. The molecular weight excluding hydrogens is 780 g/mol. The molecule has 0 aliphatic carbocycles. The van der Waals surface area contributed by atoms with Crippen LogP contribution < -0.4 is 5.73 Å². The number of hydrogen-bond acceptors (Lipinski definition) is 12. The zero-order valence-corrected chi connectivity index (χ0v) is 29.1. The summed E-state index contributed by atoms with van der Waals surface area (Å²) in [6.45, 7) is 6.96. The molecule has 0 atom stereocenters. The van der Waals surface area contributed by atoms with Crippen LogP contribution in [-0.4, -0.2) is 70.6 Å². The normalized spacial score (nSPS) is 13.2. The number of alkyl halides is 3. The molecule has 0 radical (unpaired) electrons. The number of pyridine rings is 3. The molecule has 248 valence electrons. The molecule has 1 fully saturated rings. The number of fused-ring (bicyclic) bond motifs is 2. The number of nitrogen functional groups attached to an aromatic ring is 1. The van der Waals surface area contributed by atoms with Gasteiger partial charge in [-0.15, -0.1) is 0 Å². The van der Waals surface area contributed by atoms with E-state index >= 15 is 0 Å². The van der Waals surface area contributed by atoms with Crippen molar-refractivity contribution in [3.05, 3.63) is 82.0 Å². The van der Waals surface area contributed by atoms with E-state index in [0.717, 1.165) is 68.7 Å². The van der Waals surface area contributed by atoms with Crippen molar-refractivity contribution in [1.29, 1.82) is 0 Å². The molecule has 0 spiro atoms. The number of nitrogens with two attached hydrogens (primary N) is 1. The molecule has 18 heteroatoms. The van der Waals surface area contributed by atoms with E-state index in [2.05, 4.69) is 57.7 Å².